The topological polar surface area (TPSA) is 29.4 Å². The van der Waals surface area contributed by atoms with E-state index in [-0.39, 0.29) is 0 Å². The number of rotatable bonds is 2. The molecule has 11 heavy (non-hydrogen) atoms. The Morgan fingerprint density at radius 3 is 2.45 bits per heavy atom. The minimum Gasteiger partial charge on any atom is -0.211 e. The van der Waals surface area contributed by atoms with Gasteiger partial charge in [0.25, 0.3) is 0 Å². The van der Waals surface area contributed by atoms with Gasteiger partial charge in [0, 0.05) is 4.90 Å². The van der Waals surface area contributed by atoms with Gasteiger partial charge in [-0.25, -0.2) is 4.79 Å². The van der Waals surface area contributed by atoms with Gasteiger partial charge in [0.15, 0.2) is 0 Å². The quantitative estimate of drug-likeness (QED) is 0.330. The standard InChI is InChI=1S/C7H5NOS2/c9-5-8-6-1-3-7(11-10)4-2-6/h1-4,10H. The Morgan fingerprint density at radius 2 is 2.00 bits per heavy atom. The maximum Gasteiger partial charge on any atom is 0.240 e. The SMILES string of the molecule is O=C=Nc1ccc(SS)cc1. The molecule has 0 fully saturated rings. The second-order valence-corrected chi connectivity index (χ2v) is 2.99. The molecule has 0 aliphatic rings. The summed E-state index contributed by atoms with van der Waals surface area (Å²) in [5, 5.41) is 0. The Kier molecular flexibility index (Phi) is 3.23. The van der Waals surface area contributed by atoms with Crippen molar-refractivity contribution in [1.29, 1.82) is 0 Å². The van der Waals surface area contributed by atoms with Crippen LogP contribution in [-0.2, 0) is 4.79 Å². The highest BCUT2D eigenvalue weighted by Crippen LogP contribution is 2.23. The number of hydrogen-bond acceptors (Lipinski definition) is 4. The van der Waals surface area contributed by atoms with Crippen LogP contribution in [0.1, 0.15) is 0 Å². The zero-order chi connectivity index (χ0) is 8.10. The fourth-order valence-corrected chi connectivity index (χ4v) is 1.26. The number of isocyanates is 1. The number of nitrogens with zero attached hydrogens (tertiary/aromatic N) is 1. The van der Waals surface area contributed by atoms with Crippen molar-refractivity contribution in [3.8, 4) is 0 Å². The van der Waals surface area contributed by atoms with Crippen LogP contribution in [0.3, 0.4) is 0 Å². The van der Waals surface area contributed by atoms with Crippen molar-refractivity contribution >= 4 is 34.2 Å². The molecule has 0 atom stereocenters. The lowest BCUT2D eigenvalue weighted by molar-refractivity contribution is 0.565. The van der Waals surface area contributed by atoms with E-state index in [1.54, 1.807) is 12.1 Å². The molecule has 0 aromatic heterocycles. The Balaban J connectivity index is 2.91. The van der Waals surface area contributed by atoms with E-state index >= 15 is 0 Å². The molecule has 1 aromatic carbocycles. The molecule has 1 aromatic rings. The molecule has 0 N–H and O–H groups in total. The van der Waals surface area contributed by atoms with Crippen molar-refractivity contribution in [1.82, 2.24) is 0 Å². The Labute approximate surface area is 73.5 Å². The summed E-state index contributed by atoms with van der Waals surface area (Å²) in [5.41, 5.74) is 0.617. The van der Waals surface area contributed by atoms with Crippen LogP contribution in [0.4, 0.5) is 5.69 Å². The number of aliphatic imine (C=N–C) groups is 1. The van der Waals surface area contributed by atoms with Gasteiger partial charge in [-0.15, -0.1) is 11.7 Å². The first-order valence-corrected chi connectivity index (χ1v) is 4.73. The Morgan fingerprint density at radius 1 is 1.36 bits per heavy atom. The largest absolute Gasteiger partial charge is 0.240 e. The lowest BCUT2D eigenvalue weighted by Crippen LogP contribution is -1.65. The lowest BCUT2D eigenvalue weighted by atomic mass is 10.3. The zero-order valence-corrected chi connectivity index (χ0v) is 7.23. The first kappa shape index (κ1) is 8.40. The van der Waals surface area contributed by atoms with E-state index < -0.39 is 0 Å². The van der Waals surface area contributed by atoms with E-state index in [0.717, 1.165) is 4.90 Å². The Hall–Kier alpha value is -0.700. The first-order chi connectivity index (χ1) is 5.36. The molecule has 0 spiro atoms. The van der Waals surface area contributed by atoms with Crippen molar-refractivity contribution in [2.45, 2.75) is 4.90 Å². The monoisotopic (exact) mass is 183 g/mol. The van der Waals surface area contributed by atoms with Gasteiger partial charge in [0.1, 0.15) is 0 Å². The molecule has 1 rings (SSSR count). The molecule has 0 heterocycles. The fourth-order valence-electron chi connectivity index (χ4n) is 0.634. The van der Waals surface area contributed by atoms with E-state index in [9.17, 15) is 4.79 Å². The molecule has 0 radical (unpaired) electrons. The highest BCUT2D eigenvalue weighted by molar-refractivity contribution is 8.68. The molecule has 0 unspecified atom stereocenters. The maximum absolute atomic E-state index is 9.82. The predicted octanol–water partition coefficient (Wildman–Crippen LogP) is 2.59. The van der Waals surface area contributed by atoms with Crippen LogP contribution in [0.15, 0.2) is 34.2 Å². The molecular weight excluding hydrogens is 178 g/mol. The predicted molar refractivity (Wildman–Crippen MR) is 49.1 cm³/mol. The number of benzene rings is 1. The third kappa shape index (κ3) is 2.42. The van der Waals surface area contributed by atoms with E-state index in [4.69, 9.17) is 0 Å². The molecule has 0 aliphatic heterocycles. The third-order valence-corrected chi connectivity index (χ3v) is 2.23. The van der Waals surface area contributed by atoms with Gasteiger partial charge < -0.3 is 0 Å². The average Bonchev–Trinajstić information content (AvgIpc) is 2.07. The summed E-state index contributed by atoms with van der Waals surface area (Å²) < 4.78 is 0. The van der Waals surface area contributed by atoms with E-state index in [2.05, 4.69) is 16.7 Å². The second kappa shape index (κ2) is 4.23. The summed E-state index contributed by atoms with van der Waals surface area (Å²) in [4.78, 5) is 14.3. The number of thiol groups is 1. The second-order valence-electron chi connectivity index (χ2n) is 1.79. The highest BCUT2D eigenvalue weighted by Gasteiger charge is 1.89. The molecule has 0 aliphatic carbocycles. The normalized spacial score (nSPS) is 8.82. The number of hydrogen-bond donors (Lipinski definition) is 1. The van der Waals surface area contributed by atoms with Gasteiger partial charge in [-0.3, -0.25) is 0 Å². The van der Waals surface area contributed by atoms with E-state index in [0.29, 0.717) is 5.69 Å². The maximum atomic E-state index is 9.82. The van der Waals surface area contributed by atoms with Gasteiger partial charge in [-0.2, -0.15) is 4.99 Å². The molecule has 2 nitrogen and oxygen atoms in total. The fraction of sp³-hybridized carbons (Fsp3) is 0. The molecule has 56 valence electrons. The smallest absolute Gasteiger partial charge is 0.211 e. The van der Waals surface area contributed by atoms with Gasteiger partial charge in [-0.05, 0) is 24.3 Å². The summed E-state index contributed by atoms with van der Waals surface area (Å²) in [6.45, 7) is 0. The number of carbonyl (C=O) groups excluding carboxylic acids is 1. The summed E-state index contributed by atoms with van der Waals surface area (Å²) in [6, 6.07) is 7.16. The van der Waals surface area contributed by atoms with Crippen LogP contribution < -0.4 is 0 Å². The van der Waals surface area contributed by atoms with Crippen molar-refractivity contribution in [2.75, 3.05) is 0 Å². The van der Waals surface area contributed by atoms with Crippen LogP contribution in [0.5, 0.6) is 0 Å². The zero-order valence-electron chi connectivity index (χ0n) is 5.52. The summed E-state index contributed by atoms with van der Waals surface area (Å²) >= 11 is 4.01. The minimum atomic E-state index is 0.617. The summed E-state index contributed by atoms with van der Waals surface area (Å²) in [6.07, 6.45) is 1.47. The molecular formula is C7H5NOS2. The van der Waals surface area contributed by atoms with E-state index in [1.165, 1.54) is 16.9 Å². The van der Waals surface area contributed by atoms with Crippen molar-refractivity contribution < 1.29 is 4.79 Å². The minimum absolute atomic E-state index is 0.617. The summed E-state index contributed by atoms with van der Waals surface area (Å²) in [7, 11) is 1.35. The molecule has 0 saturated carbocycles. The van der Waals surface area contributed by atoms with Gasteiger partial charge >= 0.3 is 0 Å². The van der Waals surface area contributed by atoms with Gasteiger partial charge in [0.2, 0.25) is 6.08 Å². The van der Waals surface area contributed by atoms with E-state index in [1.807, 2.05) is 12.1 Å². The van der Waals surface area contributed by atoms with Crippen LogP contribution in [-0.4, -0.2) is 6.08 Å². The molecule has 0 bridgehead atoms. The first-order valence-electron chi connectivity index (χ1n) is 2.86. The summed E-state index contributed by atoms with van der Waals surface area (Å²) in [5.74, 6) is 0. The van der Waals surface area contributed by atoms with Crippen molar-refractivity contribution in [2.24, 2.45) is 4.99 Å². The Bertz CT molecular complexity index is 277. The van der Waals surface area contributed by atoms with Crippen LogP contribution in [0.2, 0.25) is 0 Å². The van der Waals surface area contributed by atoms with Gasteiger partial charge in [-0.1, -0.05) is 10.8 Å². The molecule has 0 saturated heterocycles. The average molecular weight is 183 g/mol. The lowest BCUT2D eigenvalue weighted by Gasteiger charge is -1.92. The van der Waals surface area contributed by atoms with Gasteiger partial charge in [0.05, 0.1) is 5.69 Å². The van der Waals surface area contributed by atoms with Crippen molar-refractivity contribution in [3.63, 3.8) is 0 Å². The van der Waals surface area contributed by atoms with Crippen LogP contribution in [0.25, 0.3) is 0 Å². The van der Waals surface area contributed by atoms with Crippen molar-refractivity contribution in [3.05, 3.63) is 24.3 Å². The van der Waals surface area contributed by atoms with Crippen LogP contribution in [0, 0.1) is 0 Å². The third-order valence-electron chi connectivity index (χ3n) is 1.12. The molecule has 0 amide bonds. The van der Waals surface area contributed by atoms with Crippen LogP contribution >= 0.6 is 22.5 Å². The highest BCUT2D eigenvalue weighted by atomic mass is 33.1. The molecule has 4 heteroatoms.